The van der Waals surface area contributed by atoms with Gasteiger partial charge in [-0.25, -0.2) is 9.48 Å². The van der Waals surface area contributed by atoms with Gasteiger partial charge in [-0.2, -0.15) is 5.10 Å². The lowest BCUT2D eigenvalue weighted by Crippen LogP contribution is -2.41. The molecule has 0 aliphatic carbocycles. The first kappa shape index (κ1) is 16.7. The van der Waals surface area contributed by atoms with Crippen molar-refractivity contribution in [2.24, 2.45) is 5.92 Å². The second kappa shape index (κ2) is 7.09. The van der Waals surface area contributed by atoms with Gasteiger partial charge in [-0.3, -0.25) is 4.79 Å². The van der Waals surface area contributed by atoms with Crippen molar-refractivity contribution in [2.45, 2.75) is 33.2 Å². The number of nitrogens with zero attached hydrogens (tertiary/aromatic N) is 2. The molecule has 2 aromatic rings. The molecule has 0 fully saturated rings. The minimum atomic E-state index is -1.02. The van der Waals surface area contributed by atoms with Crippen LogP contribution in [0, 0.1) is 12.8 Å². The van der Waals surface area contributed by atoms with E-state index in [0.717, 1.165) is 11.4 Å². The highest BCUT2D eigenvalue weighted by atomic mass is 16.4. The summed E-state index contributed by atoms with van der Waals surface area (Å²) in [6.45, 7) is 5.74. The zero-order valence-electron chi connectivity index (χ0n) is 13.5. The Bertz CT molecular complexity index is 689. The van der Waals surface area contributed by atoms with Crippen LogP contribution in [-0.2, 0) is 4.79 Å². The molecule has 1 atom stereocenters. The number of carbonyl (C=O) groups excluding carboxylic acids is 1. The highest BCUT2D eigenvalue weighted by molar-refractivity contribution is 5.96. The van der Waals surface area contributed by atoms with Crippen LogP contribution in [0.25, 0.3) is 5.69 Å². The van der Waals surface area contributed by atoms with Gasteiger partial charge in [0.25, 0.3) is 5.91 Å². The summed E-state index contributed by atoms with van der Waals surface area (Å²) in [6, 6.07) is 7.89. The molecule has 0 saturated heterocycles. The van der Waals surface area contributed by atoms with Gasteiger partial charge in [-0.15, -0.1) is 0 Å². The Morgan fingerprint density at radius 2 is 1.87 bits per heavy atom. The van der Waals surface area contributed by atoms with Crippen LogP contribution in [0.15, 0.2) is 36.5 Å². The maximum absolute atomic E-state index is 12.2. The lowest BCUT2D eigenvalue weighted by Gasteiger charge is -2.16. The van der Waals surface area contributed by atoms with Gasteiger partial charge in [0.1, 0.15) is 6.04 Å². The van der Waals surface area contributed by atoms with E-state index in [9.17, 15) is 14.7 Å². The summed E-state index contributed by atoms with van der Waals surface area (Å²) >= 11 is 0. The predicted molar refractivity (Wildman–Crippen MR) is 86.6 cm³/mol. The van der Waals surface area contributed by atoms with Crippen molar-refractivity contribution in [3.8, 4) is 5.69 Å². The Hall–Kier alpha value is -2.63. The van der Waals surface area contributed by atoms with E-state index in [1.54, 1.807) is 28.9 Å². The van der Waals surface area contributed by atoms with Crippen molar-refractivity contribution < 1.29 is 14.7 Å². The first-order valence-corrected chi connectivity index (χ1v) is 7.53. The number of hydrogen-bond acceptors (Lipinski definition) is 3. The fraction of sp³-hybridized carbons (Fsp3) is 0.353. The smallest absolute Gasteiger partial charge is 0.326 e. The molecule has 6 heteroatoms. The molecule has 122 valence electrons. The molecule has 0 spiro atoms. The monoisotopic (exact) mass is 315 g/mol. The number of amides is 1. The molecule has 0 radical (unpaired) electrons. The second-order valence-corrected chi connectivity index (χ2v) is 5.94. The molecular formula is C17H21N3O3. The molecule has 0 aliphatic heterocycles. The average Bonchev–Trinajstić information content (AvgIpc) is 2.92. The maximum Gasteiger partial charge on any atom is 0.326 e. The van der Waals surface area contributed by atoms with Crippen LogP contribution < -0.4 is 5.32 Å². The molecule has 6 nitrogen and oxygen atoms in total. The van der Waals surface area contributed by atoms with Crippen molar-refractivity contribution in [1.29, 1.82) is 0 Å². The van der Waals surface area contributed by atoms with Crippen molar-refractivity contribution in [2.75, 3.05) is 0 Å². The van der Waals surface area contributed by atoms with Crippen molar-refractivity contribution in [3.05, 3.63) is 47.8 Å². The summed E-state index contributed by atoms with van der Waals surface area (Å²) in [5.74, 6) is -1.22. The lowest BCUT2D eigenvalue weighted by atomic mass is 10.0. The van der Waals surface area contributed by atoms with Gasteiger partial charge in [0.15, 0.2) is 0 Å². The average molecular weight is 315 g/mol. The fourth-order valence-electron chi connectivity index (χ4n) is 2.26. The third-order valence-electron chi connectivity index (χ3n) is 3.43. The van der Waals surface area contributed by atoms with Gasteiger partial charge in [0, 0.05) is 11.8 Å². The van der Waals surface area contributed by atoms with Crippen molar-refractivity contribution >= 4 is 11.9 Å². The Kier molecular flexibility index (Phi) is 5.16. The Morgan fingerprint density at radius 1 is 1.22 bits per heavy atom. The Balaban J connectivity index is 2.09. The van der Waals surface area contributed by atoms with E-state index in [0.29, 0.717) is 12.0 Å². The van der Waals surface area contributed by atoms with Crippen LogP contribution in [0.1, 0.15) is 36.3 Å². The van der Waals surface area contributed by atoms with Crippen molar-refractivity contribution in [3.63, 3.8) is 0 Å². The molecule has 1 amide bonds. The lowest BCUT2D eigenvalue weighted by molar-refractivity contribution is -0.139. The third kappa shape index (κ3) is 4.42. The first-order chi connectivity index (χ1) is 10.9. The maximum atomic E-state index is 12.2. The number of rotatable bonds is 6. The normalized spacial score (nSPS) is 12.2. The van der Waals surface area contributed by atoms with Crippen molar-refractivity contribution in [1.82, 2.24) is 15.1 Å². The van der Waals surface area contributed by atoms with Gasteiger partial charge in [0.05, 0.1) is 11.4 Å². The van der Waals surface area contributed by atoms with E-state index in [2.05, 4.69) is 10.4 Å². The van der Waals surface area contributed by atoms with Crippen LogP contribution in [0.5, 0.6) is 0 Å². The molecule has 2 N–H and O–H groups in total. The summed E-state index contributed by atoms with van der Waals surface area (Å²) in [7, 11) is 0. The van der Waals surface area contributed by atoms with E-state index in [1.165, 1.54) is 0 Å². The summed E-state index contributed by atoms with van der Waals surface area (Å²) < 4.78 is 1.72. The van der Waals surface area contributed by atoms with Gasteiger partial charge < -0.3 is 10.4 Å². The van der Waals surface area contributed by atoms with Crippen LogP contribution >= 0.6 is 0 Å². The SMILES string of the molecule is Cc1ccn(-c2ccc(C(=O)N[C@@H](CC(C)C)C(=O)O)cc2)n1. The summed E-state index contributed by atoms with van der Waals surface area (Å²) in [4.78, 5) is 23.4. The second-order valence-electron chi connectivity index (χ2n) is 5.94. The molecule has 0 saturated carbocycles. The Labute approximate surface area is 135 Å². The number of aryl methyl sites for hydroxylation is 1. The zero-order valence-corrected chi connectivity index (χ0v) is 13.5. The fourth-order valence-corrected chi connectivity index (χ4v) is 2.26. The van der Waals surface area contributed by atoms with Gasteiger partial charge in [-0.1, -0.05) is 13.8 Å². The van der Waals surface area contributed by atoms with E-state index in [-0.39, 0.29) is 11.8 Å². The van der Waals surface area contributed by atoms with Crippen LogP contribution in [0.2, 0.25) is 0 Å². The van der Waals surface area contributed by atoms with Gasteiger partial charge in [-0.05, 0) is 49.6 Å². The number of aliphatic carboxylic acids is 1. The van der Waals surface area contributed by atoms with E-state index in [4.69, 9.17) is 0 Å². The number of nitrogens with one attached hydrogen (secondary N) is 1. The number of carboxylic acid groups (broad SMARTS) is 1. The molecule has 0 unspecified atom stereocenters. The minimum Gasteiger partial charge on any atom is -0.480 e. The van der Waals surface area contributed by atoms with Gasteiger partial charge in [0.2, 0.25) is 0 Å². The van der Waals surface area contributed by atoms with Gasteiger partial charge >= 0.3 is 5.97 Å². The summed E-state index contributed by atoms with van der Waals surface area (Å²) in [6.07, 6.45) is 2.24. The number of carbonyl (C=O) groups is 2. The highest BCUT2D eigenvalue weighted by Gasteiger charge is 2.21. The van der Waals surface area contributed by atoms with E-state index < -0.39 is 12.0 Å². The zero-order chi connectivity index (χ0) is 17.0. The molecular weight excluding hydrogens is 294 g/mol. The standard InChI is InChI=1S/C17H21N3O3/c1-11(2)10-15(17(22)23)18-16(21)13-4-6-14(7-5-13)20-9-8-12(3)19-20/h4-9,11,15H,10H2,1-3H3,(H,18,21)(H,22,23)/t15-/m0/s1. The summed E-state index contributed by atoms with van der Waals surface area (Å²) in [5, 5.41) is 16.1. The Morgan fingerprint density at radius 3 is 2.35 bits per heavy atom. The molecule has 0 aliphatic rings. The van der Waals surface area contributed by atoms with Crippen LogP contribution in [-0.4, -0.2) is 32.8 Å². The van der Waals surface area contributed by atoms with Crippen LogP contribution in [0.4, 0.5) is 0 Å². The molecule has 1 aromatic heterocycles. The number of benzene rings is 1. The molecule has 1 heterocycles. The molecule has 0 bridgehead atoms. The number of hydrogen-bond donors (Lipinski definition) is 2. The van der Waals surface area contributed by atoms with E-state index >= 15 is 0 Å². The topological polar surface area (TPSA) is 84.2 Å². The predicted octanol–water partition coefficient (Wildman–Crippen LogP) is 2.41. The molecule has 2 rings (SSSR count). The minimum absolute atomic E-state index is 0.182. The van der Waals surface area contributed by atoms with E-state index in [1.807, 2.05) is 33.0 Å². The molecule has 23 heavy (non-hydrogen) atoms. The number of carboxylic acids is 1. The number of aromatic nitrogens is 2. The highest BCUT2D eigenvalue weighted by Crippen LogP contribution is 2.11. The largest absolute Gasteiger partial charge is 0.480 e. The molecule has 1 aromatic carbocycles. The summed E-state index contributed by atoms with van der Waals surface area (Å²) in [5.41, 5.74) is 2.17. The first-order valence-electron chi connectivity index (χ1n) is 7.53. The third-order valence-corrected chi connectivity index (χ3v) is 3.43. The quantitative estimate of drug-likeness (QED) is 0.857. The van der Waals surface area contributed by atoms with Crippen LogP contribution in [0.3, 0.4) is 0 Å².